The molecule has 24 heavy (non-hydrogen) atoms. The van der Waals surface area contributed by atoms with E-state index in [9.17, 15) is 8.42 Å². The fraction of sp³-hybridized carbons (Fsp3) is 0.647. The van der Waals surface area contributed by atoms with Crippen molar-refractivity contribution in [3.63, 3.8) is 0 Å². The van der Waals surface area contributed by atoms with Crippen molar-refractivity contribution in [1.29, 1.82) is 0 Å². The van der Waals surface area contributed by atoms with Gasteiger partial charge < -0.3 is 14.4 Å². The Balaban J connectivity index is 1.85. The van der Waals surface area contributed by atoms with Gasteiger partial charge in [-0.3, -0.25) is 0 Å². The van der Waals surface area contributed by atoms with Crippen LogP contribution in [0.25, 0.3) is 0 Å². The van der Waals surface area contributed by atoms with Gasteiger partial charge in [-0.25, -0.2) is 8.42 Å². The number of piperazine rings is 1. The van der Waals surface area contributed by atoms with E-state index in [2.05, 4.69) is 4.90 Å². The van der Waals surface area contributed by atoms with Gasteiger partial charge in [0.05, 0.1) is 20.0 Å². The summed E-state index contributed by atoms with van der Waals surface area (Å²) in [5.41, 5.74) is 1.19. The van der Waals surface area contributed by atoms with Crippen molar-refractivity contribution < 1.29 is 17.9 Å². The molecule has 0 radical (unpaired) electrons. The number of methoxy groups -OCH3 is 2. The van der Waals surface area contributed by atoms with E-state index < -0.39 is 10.0 Å². The molecule has 7 heteroatoms. The Morgan fingerprint density at radius 2 is 1.71 bits per heavy atom. The van der Waals surface area contributed by atoms with Crippen molar-refractivity contribution in [3.8, 4) is 11.5 Å². The fourth-order valence-corrected chi connectivity index (χ4v) is 4.44. The van der Waals surface area contributed by atoms with Crippen molar-refractivity contribution in [2.24, 2.45) is 0 Å². The van der Waals surface area contributed by atoms with Gasteiger partial charge in [0.25, 0.3) is 0 Å². The van der Waals surface area contributed by atoms with E-state index in [1.807, 2.05) is 25.1 Å². The van der Waals surface area contributed by atoms with Crippen LogP contribution in [-0.2, 0) is 16.4 Å². The Morgan fingerprint density at radius 3 is 2.29 bits per heavy atom. The van der Waals surface area contributed by atoms with E-state index in [0.717, 1.165) is 37.6 Å². The third kappa shape index (κ3) is 4.84. The first-order chi connectivity index (χ1) is 11.5. The molecule has 0 spiro atoms. The number of hydrogen-bond donors (Lipinski definition) is 0. The molecule has 1 fully saturated rings. The number of sulfonamides is 1. The van der Waals surface area contributed by atoms with Gasteiger partial charge in [-0.1, -0.05) is 13.0 Å². The van der Waals surface area contributed by atoms with Crippen molar-refractivity contribution in [3.05, 3.63) is 23.8 Å². The summed E-state index contributed by atoms with van der Waals surface area (Å²) in [4.78, 5) is 2.31. The Labute approximate surface area is 145 Å². The molecule has 0 aliphatic carbocycles. The molecule has 1 aliphatic rings. The lowest BCUT2D eigenvalue weighted by Gasteiger charge is -2.34. The van der Waals surface area contributed by atoms with Gasteiger partial charge in [0.1, 0.15) is 0 Å². The maximum atomic E-state index is 12.1. The third-order valence-corrected chi connectivity index (χ3v) is 6.43. The lowest BCUT2D eigenvalue weighted by Crippen LogP contribution is -2.49. The molecule has 0 atom stereocenters. The van der Waals surface area contributed by atoms with Crippen LogP contribution in [0.1, 0.15) is 18.9 Å². The predicted molar refractivity (Wildman–Crippen MR) is 95.3 cm³/mol. The molecule has 1 saturated heterocycles. The first-order valence-corrected chi connectivity index (χ1v) is 10.0. The standard InChI is InChI=1S/C17H28N2O4S/c1-4-13-24(20,21)19-11-9-18(10-12-19)8-7-15-5-6-16(22-2)17(14-15)23-3/h5-6,14H,4,7-13H2,1-3H3. The number of rotatable bonds is 8. The smallest absolute Gasteiger partial charge is 0.214 e. The normalized spacial score (nSPS) is 17.0. The molecule has 1 aromatic carbocycles. The van der Waals surface area contributed by atoms with Crippen LogP contribution in [0.4, 0.5) is 0 Å². The second-order valence-corrected chi connectivity index (χ2v) is 8.08. The zero-order valence-electron chi connectivity index (χ0n) is 14.8. The van der Waals surface area contributed by atoms with Crippen molar-refractivity contribution >= 4 is 10.0 Å². The highest BCUT2D eigenvalue weighted by atomic mass is 32.2. The molecule has 0 aromatic heterocycles. The van der Waals surface area contributed by atoms with Crippen molar-refractivity contribution in [2.45, 2.75) is 19.8 Å². The first kappa shape index (κ1) is 19.0. The molecule has 1 aromatic rings. The molecule has 0 saturated carbocycles. The topological polar surface area (TPSA) is 59.1 Å². The van der Waals surface area contributed by atoms with Crippen LogP contribution < -0.4 is 9.47 Å². The minimum Gasteiger partial charge on any atom is -0.493 e. The SMILES string of the molecule is CCCS(=O)(=O)N1CCN(CCc2ccc(OC)c(OC)c2)CC1. The van der Waals surface area contributed by atoms with Crippen LogP contribution in [0.3, 0.4) is 0 Å². The maximum absolute atomic E-state index is 12.1. The highest BCUT2D eigenvalue weighted by Gasteiger charge is 2.25. The third-order valence-electron chi connectivity index (χ3n) is 4.35. The summed E-state index contributed by atoms with van der Waals surface area (Å²) in [7, 11) is 0.201. The summed E-state index contributed by atoms with van der Waals surface area (Å²) in [6, 6.07) is 5.97. The van der Waals surface area contributed by atoms with Crippen LogP contribution in [0, 0.1) is 0 Å². The number of benzene rings is 1. The van der Waals surface area contributed by atoms with Gasteiger partial charge in [0, 0.05) is 32.7 Å². The number of hydrogen-bond acceptors (Lipinski definition) is 5. The van der Waals surface area contributed by atoms with Gasteiger partial charge in [-0.05, 0) is 30.5 Å². The summed E-state index contributed by atoms with van der Waals surface area (Å²) in [5, 5.41) is 0. The number of nitrogens with zero attached hydrogens (tertiary/aromatic N) is 2. The van der Waals surface area contributed by atoms with Gasteiger partial charge in [0.15, 0.2) is 11.5 Å². The largest absolute Gasteiger partial charge is 0.493 e. The lowest BCUT2D eigenvalue weighted by molar-refractivity contribution is 0.190. The summed E-state index contributed by atoms with van der Waals surface area (Å²) in [5.74, 6) is 1.72. The first-order valence-electron chi connectivity index (χ1n) is 8.41. The average molecular weight is 356 g/mol. The monoisotopic (exact) mass is 356 g/mol. The Bertz CT molecular complexity index is 625. The maximum Gasteiger partial charge on any atom is 0.214 e. The minimum atomic E-state index is -3.06. The van der Waals surface area contributed by atoms with Crippen molar-refractivity contribution in [1.82, 2.24) is 9.21 Å². The second kappa shape index (κ2) is 8.69. The quantitative estimate of drug-likeness (QED) is 0.708. The van der Waals surface area contributed by atoms with Gasteiger partial charge in [-0.2, -0.15) is 4.31 Å². The molecule has 6 nitrogen and oxygen atoms in total. The van der Waals surface area contributed by atoms with Gasteiger partial charge in [-0.15, -0.1) is 0 Å². The molecule has 0 N–H and O–H groups in total. The van der Waals surface area contributed by atoms with E-state index in [-0.39, 0.29) is 5.75 Å². The average Bonchev–Trinajstić information content (AvgIpc) is 2.60. The summed E-state index contributed by atoms with van der Waals surface area (Å²) in [6.45, 7) is 5.57. The van der Waals surface area contributed by atoms with Crippen molar-refractivity contribution in [2.75, 3.05) is 52.7 Å². The highest BCUT2D eigenvalue weighted by Crippen LogP contribution is 2.27. The predicted octanol–water partition coefficient (Wildman–Crippen LogP) is 1.60. The van der Waals surface area contributed by atoms with Crippen LogP contribution in [0.5, 0.6) is 11.5 Å². The molecule has 1 aliphatic heterocycles. The van der Waals surface area contributed by atoms with E-state index >= 15 is 0 Å². The van der Waals surface area contributed by atoms with Crippen LogP contribution in [0.15, 0.2) is 18.2 Å². The molecule has 1 heterocycles. The zero-order chi connectivity index (χ0) is 17.6. The second-order valence-electron chi connectivity index (χ2n) is 6.00. The van der Waals surface area contributed by atoms with E-state index in [1.54, 1.807) is 18.5 Å². The van der Waals surface area contributed by atoms with Gasteiger partial charge in [0.2, 0.25) is 10.0 Å². The molecular formula is C17H28N2O4S. The molecule has 0 unspecified atom stereocenters. The number of ether oxygens (including phenoxy) is 2. The Morgan fingerprint density at radius 1 is 1.04 bits per heavy atom. The molecular weight excluding hydrogens is 328 g/mol. The van der Waals surface area contributed by atoms with Gasteiger partial charge >= 0.3 is 0 Å². The Kier molecular flexibility index (Phi) is 6.89. The zero-order valence-corrected chi connectivity index (χ0v) is 15.6. The van der Waals surface area contributed by atoms with Crippen LogP contribution in [0.2, 0.25) is 0 Å². The minimum absolute atomic E-state index is 0.249. The molecule has 0 amide bonds. The summed E-state index contributed by atoms with van der Waals surface area (Å²) < 4.78 is 36.4. The summed E-state index contributed by atoms with van der Waals surface area (Å²) >= 11 is 0. The fourth-order valence-electron chi connectivity index (χ4n) is 2.94. The molecule has 0 bridgehead atoms. The molecule has 136 valence electrons. The highest BCUT2D eigenvalue weighted by molar-refractivity contribution is 7.89. The lowest BCUT2D eigenvalue weighted by atomic mass is 10.1. The Hall–Kier alpha value is -1.31. The van der Waals surface area contributed by atoms with E-state index in [0.29, 0.717) is 19.5 Å². The summed E-state index contributed by atoms with van der Waals surface area (Å²) in [6.07, 6.45) is 1.57. The van der Waals surface area contributed by atoms with Crippen LogP contribution >= 0.6 is 0 Å². The molecule has 2 rings (SSSR count). The van der Waals surface area contributed by atoms with Crippen LogP contribution in [-0.4, -0.2) is 70.3 Å². The van der Waals surface area contributed by atoms with E-state index in [4.69, 9.17) is 9.47 Å². The van der Waals surface area contributed by atoms with E-state index in [1.165, 1.54) is 5.56 Å².